The molecule has 0 atom stereocenters. The first-order valence-corrected chi connectivity index (χ1v) is 15.9. The lowest BCUT2D eigenvalue weighted by molar-refractivity contribution is 0.301. The van der Waals surface area contributed by atoms with Crippen LogP contribution >= 0.6 is 0 Å². The van der Waals surface area contributed by atoms with Gasteiger partial charge in [-0.1, -0.05) is 36.4 Å². The summed E-state index contributed by atoms with van der Waals surface area (Å²) < 4.78 is 0. The average molecular weight is 628 g/mol. The van der Waals surface area contributed by atoms with Crippen LogP contribution in [0.25, 0.3) is 0 Å². The van der Waals surface area contributed by atoms with Gasteiger partial charge < -0.3 is 24.5 Å². The lowest BCUT2D eigenvalue weighted by Gasteiger charge is -2.26. The maximum Gasteiger partial charge on any atom is 0.100 e. The van der Waals surface area contributed by atoms with Gasteiger partial charge in [-0.25, -0.2) is 0 Å². The van der Waals surface area contributed by atoms with Gasteiger partial charge in [-0.05, 0) is 73.2 Å². The molecule has 0 aromatic heterocycles. The number of azo groups is 1. The molecule has 9 heteroatoms. The van der Waals surface area contributed by atoms with Gasteiger partial charge in [-0.3, -0.25) is 0 Å². The van der Waals surface area contributed by atoms with E-state index in [1.54, 1.807) is 6.21 Å². The second kappa shape index (κ2) is 15.7. The first-order valence-electron chi connectivity index (χ1n) is 15.9. The molecule has 0 aliphatic carbocycles. The minimum Gasteiger partial charge on any atom is -0.378 e. The minimum atomic E-state index is 0.774. The van der Waals surface area contributed by atoms with E-state index in [1.807, 2.05) is 64.6 Å². The van der Waals surface area contributed by atoms with Crippen LogP contribution in [0, 0.1) is 0 Å². The largest absolute Gasteiger partial charge is 0.378 e. The molecule has 0 saturated heterocycles. The van der Waals surface area contributed by atoms with Crippen molar-refractivity contribution in [1.82, 2.24) is 9.80 Å². The number of nitrogens with zero attached hydrogens (tertiary/aromatic N) is 9. The Morgan fingerprint density at radius 3 is 1.66 bits per heavy atom. The maximum atomic E-state index is 4.67. The molecular formula is C38H45N9. The van der Waals surface area contributed by atoms with E-state index in [9.17, 15) is 0 Å². The summed E-state index contributed by atoms with van der Waals surface area (Å²) >= 11 is 0. The van der Waals surface area contributed by atoms with E-state index < -0.39 is 0 Å². The summed E-state index contributed by atoms with van der Waals surface area (Å²) in [7, 11) is 10.2. The summed E-state index contributed by atoms with van der Waals surface area (Å²) in [6.45, 7) is 6.03. The zero-order chi connectivity index (χ0) is 33.2. The molecule has 47 heavy (non-hydrogen) atoms. The monoisotopic (exact) mass is 627 g/mol. The third-order valence-electron chi connectivity index (χ3n) is 8.04. The summed E-state index contributed by atoms with van der Waals surface area (Å²) in [5.74, 6) is 0. The zero-order valence-corrected chi connectivity index (χ0v) is 28.3. The van der Waals surface area contributed by atoms with Crippen molar-refractivity contribution in [1.29, 1.82) is 0 Å². The molecule has 0 N–H and O–H groups in total. The van der Waals surface area contributed by atoms with Crippen LogP contribution in [0.4, 0.5) is 28.4 Å². The fourth-order valence-corrected chi connectivity index (χ4v) is 5.20. The van der Waals surface area contributed by atoms with Gasteiger partial charge in [0.2, 0.25) is 0 Å². The molecule has 1 aliphatic heterocycles. The maximum absolute atomic E-state index is 4.67. The average Bonchev–Trinajstić information content (AvgIpc) is 3.52. The first-order chi connectivity index (χ1) is 22.8. The van der Waals surface area contributed by atoms with E-state index in [1.165, 1.54) is 5.69 Å². The molecular weight excluding hydrogens is 582 g/mol. The van der Waals surface area contributed by atoms with Gasteiger partial charge in [0.1, 0.15) is 5.71 Å². The molecule has 1 heterocycles. The summed E-state index contributed by atoms with van der Waals surface area (Å²) in [6.07, 6.45) is 6.03. The lowest BCUT2D eigenvalue weighted by Crippen LogP contribution is -2.33. The molecule has 0 spiro atoms. The molecule has 5 rings (SSSR count). The Labute approximate surface area is 279 Å². The van der Waals surface area contributed by atoms with Crippen molar-refractivity contribution in [3.63, 3.8) is 0 Å². The molecule has 4 aromatic carbocycles. The predicted octanol–water partition coefficient (Wildman–Crippen LogP) is 7.61. The van der Waals surface area contributed by atoms with E-state index >= 15 is 0 Å². The highest BCUT2D eigenvalue weighted by Gasteiger charge is 2.11. The molecule has 242 valence electrons. The topological polar surface area (TPSA) is 65.6 Å². The molecule has 0 unspecified atom stereocenters. The van der Waals surface area contributed by atoms with E-state index in [0.717, 1.165) is 71.5 Å². The highest BCUT2D eigenvalue weighted by molar-refractivity contribution is 6.13. The number of hydrogen-bond acceptors (Lipinski definition) is 9. The van der Waals surface area contributed by atoms with Crippen LogP contribution in [0.15, 0.2) is 130 Å². The second-order valence-electron chi connectivity index (χ2n) is 12.0. The minimum absolute atomic E-state index is 0.774. The summed E-state index contributed by atoms with van der Waals surface area (Å²) in [4.78, 5) is 11.0. The van der Waals surface area contributed by atoms with Crippen LogP contribution < -0.4 is 14.7 Å². The van der Waals surface area contributed by atoms with Crippen LogP contribution in [-0.4, -0.2) is 83.3 Å². The Kier molecular flexibility index (Phi) is 11.0. The molecule has 4 aromatic rings. The predicted molar refractivity (Wildman–Crippen MR) is 198 cm³/mol. The highest BCUT2D eigenvalue weighted by atomic mass is 15.3. The van der Waals surface area contributed by atoms with Gasteiger partial charge in [0.05, 0.1) is 24.3 Å². The summed E-state index contributed by atoms with van der Waals surface area (Å²) in [6, 6.07) is 32.8. The number of likely N-dealkylation sites (N-methyl/N-ethyl adjacent to an activating group) is 1. The van der Waals surface area contributed by atoms with Crippen molar-refractivity contribution in [2.75, 3.05) is 76.2 Å². The SMILES string of the molecule is CCN(CCN1C=CN(C)C1)c1ccc(N=Nc2ccc(/C=N/N=C(c3ccc(N(C)C)cc3)c3ccc(N(C)C)cc3)cc2)cc1. The Balaban J connectivity index is 1.23. The Hall–Kier alpha value is -5.44. The van der Waals surface area contributed by atoms with Crippen molar-refractivity contribution in [2.45, 2.75) is 6.92 Å². The third kappa shape index (κ3) is 9.07. The Morgan fingerprint density at radius 1 is 0.681 bits per heavy atom. The van der Waals surface area contributed by atoms with E-state index in [0.29, 0.717) is 0 Å². The van der Waals surface area contributed by atoms with Gasteiger partial charge >= 0.3 is 0 Å². The van der Waals surface area contributed by atoms with Gasteiger partial charge in [0.25, 0.3) is 0 Å². The summed E-state index contributed by atoms with van der Waals surface area (Å²) in [5.41, 5.74) is 8.79. The molecule has 0 amide bonds. The quantitative estimate of drug-likeness (QED) is 0.0868. The Morgan fingerprint density at radius 2 is 1.19 bits per heavy atom. The van der Waals surface area contributed by atoms with Gasteiger partial charge in [-0.15, -0.1) is 5.10 Å². The fraction of sp³-hybridized carbons (Fsp3) is 0.263. The number of benzene rings is 4. The Bertz CT molecular complexity index is 1630. The molecule has 0 saturated carbocycles. The van der Waals surface area contributed by atoms with Crippen LogP contribution in [0.5, 0.6) is 0 Å². The highest BCUT2D eigenvalue weighted by Crippen LogP contribution is 2.23. The van der Waals surface area contributed by atoms with E-state index in [2.05, 4.69) is 132 Å². The van der Waals surface area contributed by atoms with Crippen molar-refractivity contribution < 1.29 is 0 Å². The summed E-state index contributed by atoms with van der Waals surface area (Å²) in [5, 5.41) is 18.1. The van der Waals surface area contributed by atoms with Crippen molar-refractivity contribution in [3.8, 4) is 0 Å². The molecule has 0 fully saturated rings. The van der Waals surface area contributed by atoms with Crippen molar-refractivity contribution in [2.24, 2.45) is 20.4 Å². The van der Waals surface area contributed by atoms with Crippen molar-refractivity contribution in [3.05, 3.63) is 126 Å². The van der Waals surface area contributed by atoms with E-state index in [-0.39, 0.29) is 0 Å². The molecule has 9 nitrogen and oxygen atoms in total. The molecule has 0 radical (unpaired) electrons. The van der Waals surface area contributed by atoms with Crippen molar-refractivity contribution >= 4 is 40.4 Å². The normalized spacial score (nSPS) is 12.7. The number of anilines is 3. The molecule has 0 bridgehead atoms. The zero-order valence-electron chi connectivity index (χ0n) is 28.3. The lowest BCUT2D eigenvalue weighted by atomic mass is 10.0. The van der Waals surface area contributed by atoms with Crippen LogP contribution in [-0.2, 0) is 0 Å². The van der Waals surface area contributed by atoms with Gasteiger partial charge in [-0.2, -0.15) is 15.3 Å². The smallest absolute Gasteiger partial charge is 0.100 e. The molecule has 1 aliphatic rings. The van der Waals surface area contributed by atoms with E-state index in [4.69, 9.17) is 0 Å². The standard InChI is InChI=1S/C38H45N9/c1-7-47(27-26-46-25-24-45(6)29-46)37-22-16-34(17-23-37)41-40-33-14-8-30(9-15-33)28-39-42-38(31-10-18-35(19-11-31)43(2)3)32-12-20-36(21-13-32)44(4)5/h8-25,28H,7,26-27,29H2,1-6H3/b39-28+,41-40?. The number of rotatable bonds is 13. The fourth-order valence-electron chi connectivity index (χ4n) is 5.20. The van der Waals surface area contributed by atoms with Gasteiger partial charge in [0.15, 0.2) is 0 Å². The second-order valence-corrected chi connectivity index (χ2v) is 12.0. The van der Waals surface area contributed by atoms with Crippen LogP contribution in [0.2, 0.25) is 0 Å². The number of hydrogen-bond donors (Lipinski definition) is 0. The van der Waals surface area contributed by atoms with Crippen LogP contribution in [0.3, 0.4) is 0 Å². The first kappa shape index (κ1) is 32.9. The third-order valence-corrected chi connectivity index (χ3v) is 8.04. The van der Waals surface area contributed by atoms with Crippen LogP contribution in [0.1, 0.15) is 23.6 Å². The van der Waals surface area contributed by atoms with Gasteiger partial charge in [0, 0.05) is 95.5 Å².